The van der Waals surface area contributed by atoms with Crippen molar-refractivity contribution in [3.8, 4) is 0 Å². The Kier molecular flexibility index (Phi) is 8.48. The Labute approximate surface area is 207 Å². The second-order valence-electron chi connectivity index (χ2n) is 10.8. The first kappa shape index (κ1) is 27.4. The molecule has 192 valence electrons. The third-order valence-electron chi connectivity index (χ3n) is 6.88. The van der Waals surface area contributed by atoms with E-state index in [1.165, 1.54) is 6.08 Å². The topological polar surface area (TPSA) is 53.4 Å². The predicted molar refractivity (Wildman–Crippen MR) is 135 cm³/mol. The fraction of sp³-hybridized carbons (Fsp3) is 0.552. The third kappa shape index (κ3) is 6.34. The third-order valence-corrected chi connectivity index (χ3v) is 6.88. The maximum absolute atomic E-state index is 13.3. The van der Waals surface area contributed by atoms with Crippen LogP contribution >= 0.6 is 0 Å². The predicted octanol–water partition coefficient (Wildman–Crippen LogP) is 7.82. The average molecular weight is 490 g/mol. The second-order valence-corrected chi connectivity index (χ2v) is 10.8. The lowest BCUT2D eigenvalue weighted by Crippen LogP contribution is -2.29. The zero-order valence-corrected chi connectivity index (χ0v) is 21.3. The van der Waals surface area contributed by atoms with Crippen molar-refractivity contribution in [3.63, 3.8) is 0 Å². The molecule has 6 heteroatoms. The van der Waals surface area contributed by atoms with E-state index in [-0.39, 0.29) is 17.8 Å². The van der Waals surface area contributed by atoms with Crippen LogP contribution in [0.4, 0.5) is 13.2 Å². The molecule has 0 aliphatic heterocycles. The van der Waals surface area contributed by atoms with Crippen molar-refractivity contribution >= 4 is 5.57 Å². The Morgan fingerprint density at radius 3 is 2.57 bits per heavy atom. The molecule has 1 heterocycles. The standard InChI is InChI=1S/C29H38F3NO2/c1-6-11-20(29(30,31)32)14-10-15-22(34)26-24(19-12-8-7-9-13-19)25-21(33-27(26)18(2)3)16-28(4,5)17-23(25)35/h6,10-12,14,18,22-23,34-35H,1,7-9,13,15-17H2,2-5H3/b14-10-,20-11+. The molecule has 3 rings (SSSR count). The lowest BCUT2D eigenvalue weighted by atomic mass is 9.71. The van der Waals surface area contributed by atoms with Gasteiger partial charge >= 0.3 is 6.18 Å². The van der Waals surface area contributed by atoms with Crippen LogP contribution in [0.25, 0.3) is 5.57 Å². The van der Waals surface area contributed by atoms with E-state index < -0.39 is 24.0 Å². The van der Waals surface area contributed by atoms with Crippen molar-refractivity contribution < 1.29 is 23.4 Å². The molecule has 0 bridgehead atoms. The Bertz CT molecular complexity index is 1030. The molecule has 2 N–H and O–H groups in total. The van der Waals surface area contributed by atoms with E-state index in [9.17, 15) is 23.4 Å². The summed E-state index contributed by atoms with van der Waals surface area (Å²) in [6, 6.07) is 0. The largest absolute Gasteiger partial charge is 0.416 e. The number of aromatic nitrogens is 1. The van der Waals surface area contributed by atoms with E-state index in [1.54, 1.807) is 0 Å². The number of halogens is 3. The number of aliphatic hydroxyl groups is 2. The minimum absolute atomic E-state index is 0.00505. The molecular formula is C29H38F3NO2. The van der Waals surface area contributed by atoms with Gasteiger partial charge < -0.3 is 10.2 Å². The van der Waals surface area contributed by atoms with Gasteiger partial charge in [-0.05, 0) is 67.4 Å². The van der Waals surface area contributed by atoms with E-state index >= 15 is 0 Å². The first-order valence-corrected chi connectivity index (χ1v) is 12.5. The summed E-state index contributed by atoms with van der Waals surface area (Å²) in [5.41, 5.74) is 4.14. The molecule has 2 aliphatic carbocycles. The van der Waals surface area contributed by atoms with E-state index in [0.29, 0.717) is 12.0 Å². The zero-order valence-electron chi connectivity index (χ0n) is 21.3. The second kappa shape index (κ2) is 10.8. The number of fused-ring (bicyclic) bond motifs is 1. The van der Waals surface area contributed by atoms with Crippen LogP contribution in [0.5, 0.6) is 0 Å². The minimum Gasteiger partial charge on any atom is -0.388 e. The maximum atomic E-state index is 13.3. The van der Waals surface area contributed by atoms with E-state index in [2.05, 4.69) is 26.5 Å². The normalized spacial score (nSPS) is 21.7. The van der Waals surface area contributed by atoms with Crippen molar-refractivity contribution in [3.05, 3.63) is 70.6 Å². The minimum atomic E-state index is -4.50. The lowest BCUT2D eigenvalue weighted by molar-refractivity contribution is -0.0882. The van der Waals surface area contributed by atoms with Crippen LogP contribution in [0, 0.1) is 5.41 Å². The van der Waals surface area contributed by atoms with E-state index in [1.807, 2.05) is 13.8 Å². The van der Waals surface area contributed by atoms with Crippen LogP contribution in [0.2, 0.25) is 0 Å². The Hall–Kier alpha value is -2.18. The quantitative estimate of drug-likeness (QED) is 0.384. The number of pyridine rings is 1. The summed E-state index contributed by atoms with van der Waals surface area (Å²) >= 11 is 0. The van der Waals surface area contributed by atoms with Crippen LogP contribution in [0.3, 0.4) is 0 Å². The van der Waals surface area contributed by atoms with Crippen LogP contribution in [-0.2, 0) is 6.42 Å². The summed E-state index contributed by atoms with van der Waals surface area (Å²) in [4.78, 5) is 4.97. The fourth-order valence-electron chi connectivity index (χ4n) is 5.33. The van der Waals surface area contributed by atoms with E-state index in [0.717, 1.165) is 78.4 Å². The molecule has 2 unspecified atom stereocenters. The van der Waals surface area contributed by atoms with Gasteiger partial charge in [-0.25, -0.2) is 0 Å². The van der Waals surface area contributed by atoms with Gasteiger partial charge in [0.05, 0.1) is 17.8 Å². The molecule has 1 aromatic heterocycles. The van der Waals surface area contributed by atoms with E-state index in [4.69, 9.17) is 4.98 Å². The number of aliphatic hydroxyl groups excluding tert-OH is 2. The maximum Gasteiger partial charge on any atom is 0.416 e. The molecule has 0 aromatic carbocycles. The van der Waals surface area contributed by atoms with Gasteiger partial charge in [-0.3, -0.25) is 4.98 Å². The van der Waals surface area contributed by atoms with Crippen molar-refractivity contribution in [2.24, 2.45) is 5.41 Å². The Morgan fingerprint density at radius 1 is 1.29 bits per heavy atom. The highest BCUT2D eigenvalue weighted by Crippen LogP contribution is 2.48. The molecule has 2 aliphatic rings. The van der Waals surface area contributed by atoms with Gasteiger partial charge in [0.2, 0.25) is 0 Å². The smallest absolute Gasteiger partial charge is 0.388 e. The summed E-state index contributed by atoms with van der Waals surface area (Å²) in [6.07, 6.45) is 5.55. The van der Waals surface area contributed by atoms with Crippen LogP contribution in [0.15, 0.2) is 42.5 Å². The molecule has 3 nitrogen and oxygen atoms in total. The van der Waals surface area contributed by atoms with Gasteiger partial charge in [0, 0.05) is 22.5 Å². The van der Waals surface area contributed by atoms with Gasteiger partial charge in [0.25, 0.3) is 0 Å². The summed E-state index contributed by atoms with van der Waals surface area (Å²) in [6.45, 7) is 11.6. The van der Waals surface area contributed by atoms with Gasteiger partial charge in [-0.2, -0.15) is 13.2 Å². The monoisotopic (exact) mass is 489 g/mol. The molecule has 0 amide bonds. The molecular weight excluding hydrogens is 451 g/mol. The first-order chi connectivity index (χ1) is 16.4. The van der Waals surface area contributed by atoms with Crippen molar-refractivity contribution in [2.45, 2.75) is 96.9 Å². The molecule has 2 atom stereocenters. The van der Waals surface area contributed by atoms with Gasteiger partial charge in [-0.15, -0.1) is 0 Å². The van der Waals surface area contributed by atoms with Crippen LogP contribution in [0.1, 0.15) is 112 Å². The van der Waals surface area contributed by atoms with Crippen LogP contribution < -0.4 is 0 Å². The Balaban J connectivity index is 2.15. The zero-order chi connectivity index (χ0) is 26.0. The first-order valence-electron chi connectivity index (χ1n) is 12.5. The number of alkyl halides is 3. The molecule has 0 radical (unpaired) electrons. The summed E-state index contributed by atoms with van der Waals surface area (Å²) in [7, 11) is 0. The highest BCUT2D eigenvalue weighted by atomic mass is 19.4. The Morgan fingerprint density at radius 2 is 2.00 bits per heavy atom. The average Bonchev–Trinajstić information content (AvgIpc) is 2.76. The summed E-state index contributed by atoms with van der Waals surface area (Å²) in [5.74, 6) is 0.00505. The van der Waals surface area contributed by atoms with Gasteiger partial charge in [-0.1, -0.05) is 64.7 Å². The SMILES string of the molecule is C=C/C=C(\C=C/CC(O)c1c(C(C)C)nc2c(c1C1=CCCCC1)C(O)CC(C)(C)C2)C(F)(F)F. The van der Waals surface area contributed by atoms with Crippen molar-refractivity contribution in [2.75, 3.05) is 0 Å². The highest BCUT2D eigenvalue weighted by molar-refractivity contribution is 5.74. The van der Waals surface area contributed by atoms with Crippen LogP contribution in [-0.4, -0.2) is 21.4 Å². The van der Waals surface area contributed by atoms with Crippen molar-refractivity contribution in [1.29, 1.82) is 0 Å². The molecule has 1 aromatic rings. The highest BCUT2D eigenvalue weighted by Gasteiger charge is 2.38. The van der Waals surface area contributed by atoms with Gasteiger partial charge in [0.1, 0.15) is 0 Å². The molecule has 0 spiro atoms. The number of nitrogens with zero attached hydrogens (tertiary/aromatic N) is 1. The molecule has 35 heavy (non-hydrogen) atoms. The summed E-state index contributed by atoms with van der Waals surface area (Å²) < 4.78 is 39.8. The van der Waals surface area contributed by atoms with Crippen molar-refractivity contribution in [1.82, 2.24) is 4.98 Å². The molecule has 0 saturated heterocycles. The van der Waals surface area contributed by atoms with Gasteiger partial charge in [0.15, 0.2) is 0 Å². The molecule has 0 fully saturated rings. The fourth-order valence-corrected chi connectivity index (χ4v) is 5.33. The molecule has 0 saturated carbocycles. The lowest BCUT2D eigenvalue weighted by Gasteiger charge is -2.38. The number of rotatable bonds is 7. The number of allylic oxidation sites excluding steroid dienone is 6. The number of hydrogen-bond donors (Lipinski definition) is 2. The number of hydrogen-bond acceptors (Lipinski definition) is 3. The summed E-state index contributed by atoms with van der Waals surface area (Å²) in [5, 5.41) is 22.6.